The number of furan rings is 1. The second kappa shape index (κ2) is 13.0. The van der Waals surface area contributed by atoms with E-state index in [1.54, 1.807) is 6.20 Å². The van der Waals surface area contributed by atoms with Crippen molar-refractivity contribution >= 4 is 32.8 Å². The van der Waals surface area contributed by atoms with Gasteiger partial charge in [0.25, 0.3) is 0 Å². The van der Waals surface area contributed by atoms with Gasteiger partial charge in [0.15, 0.2) is 0 Å². The van der Waals surface area contributed by atoms with E-state index in [1.165, 1.54) is 21.9 Å². The van der Waals surface area contributed by atoms with Crippen LogP contribution >= 0.6 is 0 Å². The molecule has 4 nitrogen and oxygen atoms in total. The van der Waals surface area contributed by atoms with Crippen LogP contribution in [0, 0.1) is 32.9 Å². The molecule has 4 heterocycles. The molecule has 8 rings (SSSR count). The average molecular weight is 760 g/mol. The maximum atomic E-state index is 6.18. The maximum Gasteiger partial charge on any atom is 0.216 e. The number of fused-ring (bicyclic) bond motifs is 4. The molecule has 0 aliphatic carbocycles. The normalized spacial score (nSPS) is 10.8. The molecule has 1 radical (unpaired) electrons. The average Bonchev–Trinajstić information content (AvgIpc) is 3.43. The van der Waals surface area contributed by atoms with E-state index in [4.69, 9.17) is 9.40 Å². The van der Waals surface area contributed by atoms with Gasteiger partial charge in [-0.25, -0.2) is 4.98 Å². The van der Waals surface area contributed by atoms with E-state index < -0.39 is 0 Å². The van der Waals surface area contributed by atoms with Crippen molar-refractivity contribution in [3.63, 3.8) is 0 Å². The van der Waals surface area contributed by atoms with Crippen LogP contribution < -0.4 is 0 Å². The summed E-state index contributed by atoms with van der Waals surface area (Å²) in [6, 6.07) is 43.5. The van der Waals surface area contributed by atoms with Crippen LogP contribution in [0.2, 0.25) is 0 Å². The summed E-state index contributed by atoms with van der Waals surface area (Å²) in [4.78, 5) is 13.5. The Labute approximate surface area is 276 Å². The second-order valence-electron chi connectivity index (χ2n) is 10.9. The van der Waals surface area contributed by atoms with E-state index >= 15 is 0 Å². The Morgan fingerprint density at radius 3 is 2.36 bits per heavy atom. The number of hydrogen-bond donors (Lipinski definition) is 0. The van der Waals surface area contributed by atoms with E-state index in [-0.39, 0.29) is 20.1 Å². The van der Waals surface area contributed by atoms with E-state index in [9.17, 15) is 0 Å². The molecule has 8 aromatic rings. The zero-order valence-corrected chi connectivity index (χ0v) is 27.5. The molecule has 221 valence electrons. The summed E-state index contributed by atoms with van der Waals surface area (Å²) in [5, 5.41) is 4.53. The van der Waals surface area contributed by atoms with Crippen molar-refractivity contribution in [1.82, 2.24) is 15.0 Å². The summed E-state index contributed by atoms with van der Waals surface area (Å²) >= 11 is 0. The van der Waals surface area contributed by atoms with Crippen LogP contribution in [0.5, 0.6) is 0 Å². The third-order valence-electron chi connectivity index (χ3n) is 7.75. The van der Waals surface area contributed by atoms with Crippen LogP contribution in [0.3, 0.4) is 0 Å². The van der Waals surface area contributed by atoms with Crippen molar-refractivity contribution in [3.05, 3.63) is 151 Å². The van der Waals surface area contributed by atoms with Crippen LogP contribution in [0.25, 0.3) is 66.5 Å². The van der Waals surface area contributed by atoms with Crippen LogP contribution in [-0.2, 0) is 20.1 Å². The molecule has 0 amide bonds. The Balaban J connectivity index is 0.000000231. The predicted octanol–water partition coefficient (Wildman–Crippen LogP) is 10.1. The molecule has 0 bridgehead atoms. The Morgan fingerprint density at radius 2 is 1.53 bits per heavy atom. The first-order valence-corrected chi connectivity index (χ1v) is 14.6. The van der Waals surface area contributed by atoms with Crippen molar-refractivity contribution < 1.29 is 24.5 Å². The maximum absolute atomic E-state index is 6.18. The van der Waals surface area contributed by atoms with Crippen LogP contribution in [0.4, 0.5) is 0 Å². The molecule has 0 N–H and O–H groups in total. The molecule has 0 aliphatic rings. The second-order valence-corrected chi connectivity index (χ2v) is 10.9. The van der Waals surface area contributed by atoms with E-state index in [2.05, 4.69) is 84.5 Å². The molecule has 4 aromatic carbocycles. The Bertz CT molecular complexity index is 2220. The topological polar surface area (TPSA) is 51.8 Å². The minimum Gasteiger partial charge on any atom is -0.486 e. The zero-order chi connectivity index (χ0) is 30.0. The first-order chi connectivity index (χ1) is 21.5. The Hall–Kier alpha value is -4.96. The van der Waals surface area contributed by atoms with Gasteiger partial charge >= 0.3 is 0 Å². The van der Waals surface area contributed by atoms with Gasteiger partial charge in [-0.3, -0.25) is 0 Å². The van der Waals surface area contributed by atoms with Crippen molar-refractivity contribution in [2.75, 3.05) is 0 Å². The van der Waals surface area contributed by atoms with Gasteiger partial charge in [-0.05, 0) is 83.9 Å². The molecule has 0 fully saturated rings. The molecule has 45 heavy (non-hydrogen) atoms. The third kappa shape index (κ3) is 6.19. The van der Waals surface area contributed by atoms with Gasteiger partial charge in [-0.1, -0.05) is 65.0 Å². The fourth-order valence-electron chi connectivity index (χ4n) is 5.48. The molecular weight excluding hydrogens is 731 g/mol. The number of aryl methyl sites for hydroxylation is 3. The number of benzene rings is 4. The molecular formula is C40H29IrN3O-2. The van der Waals surface area contributed by atoms with E-state index in [0.29, 0.717) is 5.71 Å². The fourth-order valence-corrected chi connectivity index (χ4v) is 5.48. The van der Waals surface area contributed by atoms with Crippen LogP contribution in [-0.4, -0.2) is 15.0 Å². The number of rotatable bonds is 3. The van der Waals surface area contributed by atoms with E-state index in [0.717, 1.165) is 55.7 Å². The summed E-state index contributed by atoms with van der Waals surface area (Å²) < 4.78 is 6.18. The SMILES string of the molecule is Cc1ccc2ccc(-c3cc(-c4[c-]ccc5c4oc4nc(C)ccc45)ncc3C)cc2c1.[Ir].[c-]1ccccc1-c1ccccn1. The van der Waals surface area contributed by atoms with Crippen molar-refractivity contribution in [2.24, 2.45) is 0 Å². The largest absolute Gasteiger partial charge is 0.486 e. The smallest absolute Gasteiger partial charge is 0.216 e. The van der Waals surface area contributed by atoms with Gasteiger partial charge in [0.2, 0.25) is 5.71 Å². The number of nitrogens with zero attached hydrogens (tertiary/aromatic N) is 3. The number of aromatic nitrogens is 3. The molecule has 0 saturated carbocycles. The molecule has 5 heteroatoms. The molecule has 4 aromatic heterocycles. The van der Waals surface area contributed by atoms with Crippen molar-refractivity contribution in [2.45, 2.75) is 20.8 Å². The van der Waals surface area contributed by atoms with Crippen molar-refractivity contribution in [1.29, 1.82) is 0 Å². The van der Waals surface area contributed by atoms with Crippen molar-refractivity contribution in [3.8, 4) is 33.6 Å². The first kappa shape index (κ1) is 30.1. The van der Waals surface area contributed by atoms with Gasteiger partial charge in [-0.2, -0.15) is 0 Å². The molecule has 0 saturated heterocycles. The number of pyridine rings is 3. The molecule has 0 aliphatic heterocycles. The standard InChI is InChI=1S/C29H21N2O.C11H8N.Ir/c1-17-7-9-20-10-11-21(14-22(20)13-17)26-15-27(30-16-18(26)2)25-6-4-5-23-24-12-8-19(3)31-29(24)32-28(23)25;1-2-6-10(7-3-1)11-8-4-5-9-12-11;/h4-5,7-16H,1-3H3;1-6,8-9H;/q2*-1;. The van der Waals surface area contributed by atoms with Gasteiger partial charge in [0, 0.05) is 43.6 Å². The van der Waals surface area contributed by atoms with Crippen LogP contribution in [0.15, 0.2) is 126 Å². The predicted molar refractivity (Wildman–Crippen MR) is 179 cm³/mol. The summed E-state index contributed by atoms with van der Waals surface area (Å²) in [7, 11) is 0. The zero-order valence-electron chi connectivity index (χ0n) is 25.1. The minimum absolute atomic E-state index is 0. The van der Waals surface area contributed by atoms with E-state index in [1.807, 2.05) is 73.8 Å². The summed E-state index contributed by atoms with van der Waals surface area (Å²) in [5.41, 5.74) is 10.8. The van der Waals surface area contributed by atoms with Gasteiger partial charge in [0.1, 0.15) is 0 Å². The molecule has 0 unspecified atom stereocenters. The first-order valence-electron chi connectivity index (χ1n) is 14.6. The monoisotopic (exact) mass is 760 g/mol. The van der Waals surface area contributed by atoms with Crippen LogP contribution in [0.1, 0.15) is 16.8 Å². The van der Waals surface area contributed by atoms with Gasteiger partial charge in [-0.15, -0.1) is 54.1 Å². The molecule has 0 spiro atoms. The van der Waals surface area contributed by atoms with Gasteiger partial charge < -0.3 is 14.4 Å². The molecule has 0 atom stereocenters. The summed E-state index contributed by atoms with van der Waals surface area (Å²) in [6.45, 7) is 6.20. The van der Waals surface area contributed by atoms with Gasteiger partial charge in [0.05, 0.1) is 5.58 Å². The number of hydrogen-bond acceptors (Lipinski definition) is 4. The summed E-state index contributed by atoms with van der Waals surface area (Å²) in [5.74, 6) is 0. The quantitative estimate of drug-likeness (QED) is 0.168. The Morgan fingerprint density at radius 1 is 0.667 bits per heavy atom. The fraction of sp³-hybridized carbons (Fsp3) is 0.0750. The summed E-state index contributed by atoms with van der Waals surface area (Å²) in [6.07, 6.45) is 3.72. The Kier molecular flexibility index (Phi) is 8.66. The third-order valence-corrected chi connectivity index (χ3v) is 7.75. The minimum atomic E-state index is 0.